The van der Waals surface area contributed by atoms with Gasteiger partial charge in [-0.2, -0.15) is 0 Å². The third-order valence-electron chi connectivity index (χ3n) is 3.73. The van der Waals surface area contributed by atoms with Gasteiger partial charge in [-0.1, -0.05) is 20.8 Å². The van der Waals surface area contributed by atoms with Gasteiger partial charge in [0.25, 0.3) is 5.69 Å². The number of aryl methyl sites for hydroxylation is 1. The first-order chi connectivity index (χ1) is 10.9. The quantitative estimate of drug-likeness (QED) is 0.495. The molecule has 1 aromatic heterocycles. The fourth-order valence-electron chi connectivity index (χ4n) is 2.87. The van der Waals surface area contributed by atoms with Crippen LogP contribution in [0, 0.1) is 16.0 Å². The zero-order valence-electron chi connectivity index (χ0n) is 13.9. The number of fused-ring (bicyclic) bond motifs is 1. The van der Waals surface area contributed by atoms with Crippen molar-refractivity contribution in [3.63, 3.8) is 0 Å². The highest BCUT2D eigenvalue weighted by Gasteiger charge is 2.24. The summed E-state index contributed by atoms with van der Waals surface area (Å²) in [6.07, 6.45) is 1.34. The highest BCUT2D eigenvalue weighted by molar-refractivity contribution is 6.01. The number of nitro benzene ring substituents is 1. The Labute approximate surface area is 135 Å². The van der Waals surface area contributed by atoms with E-state index >= 15 is 0 Å². The molecule has 0 aliphatic heterocycles. The van der Waals surface area contributed by atoms with Gasteiger partial charge in [0, 0.05) is 11.5 Å². The van der Waals surface area contributed by atoms with Crippen molar-refractivity contribution < 1.29 is 14.5 Å². The minimum absolute atomic E-state index is 0.00315. The fourth-order valence-corrected chi connectivity index (χ4v) is 2.87. The molecule has 2 rings (SSSR count). The molecule has 0 saturated heterocycles. The largest absolute Gasteiger partial charge is 0.461 e. The second-order valence-corrected chi connectivity index (χ2v) is 5.95. The van der Waals surface area contributed by atoms with Crippen molar-refractivity contribution in [1.82, 2.24) is 4.98 Å². The number of non-ortho nitro benzene ring substituents is 1. The number of nitro groups is 1. The summed E-state index contributed by atoms with van der Waals surface area (Å²) in [5.41, 5.74) is 2.38. The molecule has 1 N–H and O–H groups in total. The molecule has 124 valence electrons. The van der Waals surface area contributed by atoms with Gasteiger partial charge in [-0.3, -0.25) is 10.1 Å². The molecule has 0 amide bonds. The van der Waals surface area contributed by atoms with Crippen LogP contribution in [-0.2, 0) is 17.6 Å². The zero-order chi connectivity index (χ0) is 17.1. The molecule has 0 saturated carbocycles. The molecule has 0 radical (unpaired) electrons. The Kier molecular flexibility index (Phi) is 5.03. The summed E-state index contributed by atoms with van der Waals surface area (Å²) in [6.45, 7) is 8.05. The monoisotopic (exact) mass is 318 g/mol. The van der Waals surface area contributed by atoms with E-state index in [4.69, 9.17) is 4.74 Å². The SMILES string of the molecule is CCOC(=O)c1[nH]c2c([N+](=O)[O-])cc(CC(C)C)cc2c1CC. The van der Waals surface area contributed by atoms with Crippen LogP contribution in [0.4, 0.5) is 5.69 Å². The lowest BCUT2D eigenvalue weighted by molar-refractivity contribution is -0.383. The number of hydrogen-bond donors (Lipinski definition) is 1. The lowest BCUT2D eigenvalue weighted by Crippen LogP contribution is -2.07. The first-order valence-electron chi connectivity index (χ1n) is 7.87. The van der Waals surface area contributed by atoms with Crippen LogP contribution in [0.2, 0.25) is 0 Å². The molecule has 6 nitrogen and oxygen atoms in total. The van der Waals surface area contributed by atoms with Gasteiger partial charge in [0.15, 0.2) is 0 Å². The molecule has 0 aliphatic rings. The molecule has 0 bridgehead atoms. The van der Waals surface area contributed by atoms with Crippen molar-refractivity contribution in [1.29, 1.82) is 0 Å². The normalized spacial score (nSPS) is 11.2. The summed E-state index contributed by atoms with van der Waals surface area (Å²) in [7, 11) is 0. The van der Waals surface area contributed by atoms with Crippen molar-refractivity contribution in [2.24, 2.45) is 5.92 Å². The van der Waals surface area contributed by atoms with E-state index in [2.05, 4.69) is 18.8 Å². The standard InChI is InChI=1S/C17H22N2O4/c1-5-12-13-8-11(7-10(3)4)9-14(19(21)22)15(13)18-16(12)17(20)23-6-2/h8-10,18H,5-7H2,1-4H3. The zero-order valence-corrected chi connectivity index (χ0v) is 13.9. The lowest BCUT2D eigenvalue weighted by atomic mass is 9.98. The fraction of sp³-hybridized carbons (Fsp3) is 0.471. The molecule has 0 fully saturated rings. The molecule has 0 unspecified atom stereocenters. The number of nitrogens with one attached hydrogen (secondary N) is 1. The van der Waals surface area contributed by atoms with Crippen molar-refractivity contribution in [2.75, 3.05) is 6.61 Å². The summed E-state index contributed by atoms with van der Waals surface area (Å²) >= 11 is 0. The lowest BCUT2D eigenvalue weighted by Gasteiger charge is -2.06. The van der Waals surface area contributed by atoms with Gasteiger partial charge >= 0.3 is 5.97 Å². The smallest absolute Gasteiger partial charge is 0.355 e. The summed E-state index contributed by atoms with van der Waals surface area (Å²) in [6, 6.07) is 3.54. The molecule has 0 atom stereocenters. The van der Waals surface area contributed by atoms with Crippen molar-refractivity contribution in [3.8, 4) is 0 Å². The minimum atomic E-state index is -0.472. The van der Waals surface area contributed by atoms with E-state index in [0.29, 0.717) is 23.5 Å². The van der Waals surface area contributed by atoms with Gasteiger partial charge in [0.05, 0.1) is 11.5 Å². The van der Waals surface area contributed by atoms with Gasteiger partial charge < -0.3 is 9.72 Å². The number of carbonyl (C=O) groups excluding carboxylic acids is 1. The predicted octanol–water partition coefficient (Wildman–Crippen LogP) is 4.01. The molecule has 0 spiro atoms. The van der Waals surface area contributed by atoms with Gasteiger partial charge in [-0.15, -0.1) is 0 Å². The average Bonchev–Trinajstić information content (AvgIpc) is 2.84. The van der Waals surface area contributed by atoms with Crippen molar-refractivity contribution in [3.05, 3.63) is 39.1 Å². The third-order valence-corrected chi connectivity index (χ3v) is 3.73. The number of benzene rings is 1. The van der Waals surface area contributed by atoms with Crippen LogP contribution in [0.3, 0.4) is 0 Å². The van der Waals surface area contributed by atoms with Crippen molar-refractivity contribution >= 4 is 22.6 Å². The van der Waals surface area contributed by atoms with E-state index in [0.717, 1.165) is 22.9 Å². The summed E-state index contributed by atoms with van der Waals surface area (Å²) in [5, 5.41) is 12.2. The van der Waals surface area contributed by atoms with E-state index in [9.17, 15) is 14.9 Å². The number of nitrogens with zero attached hydrogens (tertiary/aromatic N) is 1. The third kappa shape index (κ3) is 3.36. The molecule has 0 aliphatic carbocycles. The van der Waals surface area contributed by atoms with Gasteiger partial charge in [0.2, 0.25) is 0 Å². The number of ether oxygens (including phenoxy) is 1. The maximum Gasteiger partial charge on any atom is 0.355 e. The molecule has 6 heteroatoms. The Hall–Kier alpha value is -2.37. The maximum absolute atomic E-state index is 12.1. The number of carbonyl (C=O) groups is 1. The number of aromatic nitrogens is 1. The topological polar surface area (TPSA) is 85.2 Å². The highest BCUT2D eigenvalue weighted by atomic mass is 16.6. The second-order valence-electron chi connectivity index (χ2n) is 5.95. The number of aromatic amines is 1. The first-order valence-corrected chi connectivity index (χ1v) is 7.87. The Balaban J connectivity index is 2.72. The minimum Gasteiger partial charge on any atom is -0.461 e. The highest BCUT2D eigenvalue weighted by Crippen LogP contribution is 2.33. The van der Waals surface area contributed by atoms with Crippen LogP contribution in [0.25, 0.3) is 10.9 Å². The summed E-state index contributed by atoms with van der Waals surface area (Å²) in [5.74, 6) is -0.0825. The predicted molar refractivity (Wildman–Crippen MR) is 88.8 cm³/mol. The van der Waals surface area contributed by atoms with Crippen LogP contribution in [0.5, 0.6) is 0 Å². The van der Waals surface area contributed by atoms with Crippen LogP contribution in [0.15, 0.2) is 12.1 Å². The van der Waals surface area contributed by atoms with Gasteiger partial charge in [-0.05, 0) is 42.9 Å². The van der Waals surface area contributed by atoms with E-state index in [1.54, 1.807) is 13.0 Å². The summed E-state index contributed by atoms with van der Waals surface area (Å²) < 4.78 is 5.06. The first kappa shape index (κ1) is 17.0. The van der Waals surface area contributed by atoms with Gasteiger partial charge in [-0.25, -0.2) is 4.79 Å². The number of esters is 1. The second kappa shape index (κ2) is 6.81. The van der Waals surface area contributed by atoms with Gasteiger partial charge in [0.1, 0.15) is 11.2 Å². The number of rotatable bonds is 6. The van der Waals surface area contributed by atoms with E-state index in [-0.39, 0.29) is 12.3 Å². The number of H-pyrrole nitrogens is 1. The van der Waals surface area contributed by atoms with Crippen LogP contribution >= 0.6 is 0 Å². The average molecular weight is 318 g/mol. The van der Waals surface area contributed by atoms with Crippen LogP contribution < -0.4 is 0 Å². The molecule has 23 heavy (non-hydrogen) atoms. The van der Waals surface area contributed by atoms with Crippen LogP contribution in [-0.4, -0.2) is 22.5 Å². The molecule has 1 aromatic carbocycles. The maximum atomic E-state index is 12.1. The summed E-state index contributed by atoms with van der Waals surface area (Å²) in [4.78, 5) is 26.0. The van der Waals surface area contributed by atoms with E-state index < -0.39 is 10.9 Å². The van der Waals surface area contributed by atoms with Crippen molar-refractivity contribution in [2.45, 2.75) is 40.5 Å². The molecular weight excluding hydrogens is 296 g/mol. The molecule has 1 heterocycles. The molecule has 2 aromatic rings. The molecular formula is C17H22N2O4. The van der Waals surface area contributed by atoms with E-state index in [1.165, 1.54) is 0 Å². The Bertz CT molecular complexity index is 747. The Morgan fingerprint density at radius 2 is 2.04 bits per heavy atom. The number of hydrogen-bond acceptors (Lipinski definition) is 4. The van der Waals surface area contributed by atoms with Crippen LogP contribution in [0.1, 0.15) is 49.3 Å². The Morgan fingerprint density at radius 1 is 1.35 bits per heavy atom. The Morgan fingerprint density at radius 3 is 2.57 bits per heavy atom. The van der Waals surface area contributed by atoms with E-state index in [1.807, 2.05) is 13.0 Å².